The molecule has 3 atom stereocenters. The van der Waals surface area contributed by atoms with E-state index in [4.69, 9.17) is 14.6 Å². The van der Waals surface area contributed by atoms with Gasteiger partial charge < -0.3 is 19.9 Å². The van der Waals surface area contributed by atoms with Gasteiger partial charge in [0.05, 0.1) is 12.7 Å². The van der Waals surface area contributed by atoms with Crippen LogP contribution in [0.4, 0.5) is 0 Å². The van der Waals surface area contributed by atoms with E-state index in [1.165, 1.54) is 0 Å². The van der Waals surface area contributed by atoms with Crippen LogP contribution in [-0.2, 0) is 14.3 Å². The molecule has 2 rings (SSSR count). The van der Waals surface area contributed by atoms with E-state index in [0.717, 1.165) is 0 Å². The summed E-state index contributed by atoms with van der Waals surface area (Å²) in [5.41, 5.74) is 0. The van der Waals surface area contributed by atoms with Gasteiger partial charge in [-0.15, -0.1) is 0 Å². The van der Waals surface area contributed by atoms with Crippen LogP contribution in [0.25, 0.3) is 0 Å². The first-order chi connectivity index (χ1) is 8.03. The fraction of sp³-hybridized carbons (Fsp3) is 0.917. The Morgan fingerprint density at radius 2 is 2.29 bits per heavy atom. The van der Waals surface area contributed by atoms with E-state index in [-0.39, 0.29) is 30.5 Å². The van der Waals surface area contributed by atoms with Crippen molar-refractivity contribution in [3.63, 3.8) is 0 Å². The van der Waals surface area contributed by atoms with Gasteiger partial charge in [-0.25, -0.2) is 0 Å². The second-order valence-corrected chi connectivity index (χ2v) is 5.25. The monoisotopic (exact) mass is 243 g/mol. The zero-order chi connectivity index (χ0) is 12.5. The van der Waals surface area contributed by atoms with E-state index in [1.807, 2.05) is 13.8 Å². The highest BCUT2D eigenvalue weighted by molar-refractivity contribution is 5.81. The van der Waals surface area contributed by atoms with Crippen LogP contribution in [-0.4, -0.2) is 42.7 Å². The third-order valence-electron chi connectivity index (χ3n) is 3.55. The number of amides is 1. The van der Waals surface area contributed by atoms with Gasteiger partial charge in [-0.2, -0.15) is 0 Å². The van der Waals surface area contributed by atoms with Gasteiger partial charge in [-0.1, -0.05) is 0 Å². The number of nitrogens with one attached hydrogen (secondary N) is 1. The van der Waals surface area contributed by atoms with Crippen LogP contribution in [0.1, 0.15) is 26.7 Å². The molecule has 0 saturated carbocycles. The predicted molar refractivity (Wildman–Crippen MR) is 61.2 cm³/mol. The highest BCUT2D eigenvalue weighted by Crippen LogP contribution is 2.34. The summed E-state index contributed by atoms with van der Waals surface area (Å²) < 4.78 is 11.4. The normalized spacial score (nSPS) is 36.2. The summed E-state index contributed by atoms with van der Waals surface area (Å²) in [6.45, 7) is 5.10. The molecule has 2 aliphatic heterocycles. The zero-order valence-electron chi connectivity index (χ0n) is 10.4. The van der Waals surface area contributed by atoms with Crippen LogP contribution in [0.3, 0.4) is 0 Å². The number of aliphatic hydroxyl groups excluding tert-OH is 1. The topological polar surface area (TPSA) is 67.8 Å². The Balaban J connectivity index is 1.97. The van der Waals surface area contributed by atoms with Gasteiger partial charge in [0.25, 0.3) is 0 Å². The van der Waals surface area contributed by atoms with Gasteiger partial charge >= 0.3 is 0 Å². The summed E-state index contributed by atoms with van der Waals surface area (Å²) in [5, 5.41) is 11.7. The Morgan fingerprint density at radius 3 is 2.88 bits per heavy atom. The minimum atomic E-state index is -0.544. The van der Waals surface area contributed by atoms with Gasteiger partial charge in [-0.05, 0) is 26.7 Å². The van der Waals surface area contributed by atoms with Gasteiger partial charge in [0.2, 0.25) is 5.91 Å². The van der Waals surface area contributed by atoms with Crippen molar-refractivity contribution >= 4 is 5.91 Å². The van der Waals surface area contributed by atoms with Crippen molar-refractivity contribution < 1.29 is 19.4 Å². The van der Waals surface area contributed by atoms with Crippen molar-refractivity contribution in [2.24, 2.45) is 11.8 Å². The Bertz CT molecular complexity index is 292. The average molecular weight is 243 g/mol. The number of hydrogen-bond acceptors (Lipinski definition) is 4. The van der Waals surface area contributed by atoms with E-state index in [2.05, 4.69) is 5.32 Å². The highest BCUT2D eigenvalue weighted by atomic mass is 16.7. The van der Waals surface area contributed by atoms with E-state index in [0.29, 0.717) is 26.0 Å². The third kappa shape index (κ3) is 2.78. The summed E-state index contributed by atoms with van der Waals surface area (Å²) in [4.78, 5) is 11.7. The number of carbonyl (C=O) groups is 1. The lowest BCUT2D eigenvalue weighted by Gasteiger charge is -2.23. The fourth-order valence-corrected chi connectivity index (χ4v) is 2.66. The number of ether oxygens (including phenoxy) is 2. The number of carbonyl (C=O) groups excluding carboxylic acids is 1. The van der Waals surface area contributed by atoms with Crippen molar-refractivity contribution in [3.05, 3.63) is 0 Å². The summed E-state index contributed by atoms with van der Waals surface area (Å²) in [6.07, 6.45) is 1.35. The fourth-order valence-electron chi connectivity index (χ4n) is 2.66. The Kier molecular flexibility index (Phi) is 3.70. The van der Waals surface area contributed by atoms with Gasteiger partial charge in [-0.3, -0.25) is 4.79 Å². The summed E-state index contributed by atoms with van der Waals surface area (Å²) >= 11 is 0. The molecule has 2 heterocycles. The highest BCUT2D eigenvalue weighted by Gasteiger charge is 2.45. The van der Waals surface area contributed by atoms with Gasteiger partial charge in [0.15, 0.2) is 5.79 Å². The molecule has 2 N–H and O–H groups in total. The molecular weight excluding hydrogens is 222 g/mol. The smallest absolute Gasteiger partial charge is 0.223 e. The molecule has 2 aliphatic rings. The standard InChI is InChI=1S/C12H21NO4/c1-12(2)16-7-10(17-12)9-6-13-11(15)8(9)4-3-5-14/h8-10,14H,3-7H2,1-2H3,(H,13,15)/t8-,9+,10+/m0/s1. The number of aliphatic hydroxyl groups is 1. The Morgan fingerprint density at radius 1 is 1.53 bits per heavy atom. The second kappa shape index (κ2) is 4.92. The van der Waals surface area contributed by atoms with Crippen molar-refractivity contribution in [2.75, 3.05) is 19.8 Å². The first-order valence-corrected chi connectivity index (χ1v) is 6.24. The van der Waals surface area contributed by atoms with Crippen molar-refractivity contribution in [1.82, 2.24) is 5.32 Å². The van der Waals surface area contributed by atoms with Crippen molar-refractivity contribution in [1.29, 1.82) is 0 Å². The average Bonchev–Trinajstić information content (AvgIpc) is 2.79. The predicted octanol–water partition coefficient (Wildman–Crippen LogP) is 0.273. The zero-order valence-corrected chi connectivity index (χ0v) is 10.4. The van der Waals surface area contributed by atoms with E-state index >= 15 is 0 Å². The molecular formula is C12H21NO4. The van der Waals surface area contributed by atoms with Crippen LogP contribution in [0.15, 0.2) is 0 Å². The Hall–Kier alpha value is -0.650. The number of rotatable bonds is 4. The maximum atomic E-state index is 11.7. The molecule has 0 unspecified atom stereocenters. The van der Waals surface area contributed by atoms with Crippen LogP contribution in [0, 0.1) is 11.8 Å². The molecule has 5 nitrogen and oxygen atoms in total. The van der Waals surface area contributed by atoms with E-state index < -0.39 is 5.79 Å². The minimum Gasteiger partial charge on any atom is -0.396 e. The Labute approximate surface area is 101 Å². The third-order valence-corrected chi connectivity index (χ3v) is 3.55. The first-order valence-electron chi connectivity index (χ1n) is 6.24. The molecule has 0 aromatic carbocycles. The molecule has 0 aromatic rings. The molecule has 0 bridgehead atoms. The molecule has 5 heteroatoms. The van der Waals surface area contributed by atoms with Crippen LogP contribution >= 0.6 is 0 Å². The summed E-state index contributed by atoms with van der Waals surface area (Å²) in [6, 6.07) is 0. The van der Waals surface area contributed by atoms with Gasteiger partial charge in [0, 0.05) is 25.0 Å². The maximum absolute atomic E-state index is 11.7. The molecule has 17 heavy (non-hydrogen) atoms. The van der Waals surface area contributed by atoms with Crippen LogP contribution < -0.4 is 5.32 Å². The minimum absolute atomic E-state index is 0.0207. The lowest BCUT2D eigenvalue weighted by Crippen LogP contribution is -2.32. The SMILES string of the molecule is CC1(C)OC[C@H]([C@@H]2CNC(=O)[C@H]2CCCO)O1. The second-order valence-electron chi connectivity index (χ2n) is 5.25. The molecule has 2 saturated heterocycles. The molecule has 0 radical (unpaired) electrons. The maximum Gasteiger partial charge on any atom is 0.223 e. The molecule has 0 spiro atoms. The van der Waals surface area contributed by atoms with Crippen LogP contribution in [0.2, 0.25) is 0 Å². The summed E-state index contributed by atoms with van der Waals surface area (Å²) in [7, 11) is 0. The lowest BCUT2D eigenvalue weighted by molar-refractivity contribution is -0.147. The summed E-state index contributed by atoms with van der Waals surface area (Å²) in [5.74, 6) is -0.352. The van der Waals surface area contributed by atoms with E-state index in [1.54, 1.807) is 0 Å². The lowest BCUT2D eigenvalue weighted by atomic mass is 9.87. The van der Waals surface area contributed by atoms with Crippen LogP contribution in [0.5, 0.6) is 0 Å². The molecule has 1 amide bonds. The largest absolute Gasteiger partial charge is 0.396 e. The van der Waals surface area contributed by atoms with Crippen molar-refractivity contribution in [3.8, 4) is 0 Å². The first kappa shape index (κ1) is 12.8. The number of hydrogen-bond donors (Lipinski definition) is 2. The molecule has 2 fully saturated rings. The molecule has 98 valence electrons. The molecule has 0 aliphatic carbocycles. The van der Waals surface area contributed by atoms with E-state index in [9.17, 15) is 4.79 Å². The quantitative estimate of drug-likeness (QED) is 0.744. The van der Waals surface area contributed by atoms with Crippen molar-refractivity contribution in [2.45, 2.75) is 38.6 Å². The van der Waals surface area contributed by atoms with Gasteiger partial charge in [0.1, 0.15) is 0 Å². The molecule has 0 aromatic heterocycles.